The number of hydrogen-bond acceptors (Lipinski definition) is 7. The van der Waals surface area contributed by atoms with Crippen LogP contribution in [0.4, 0.5) is 0 Å². The quantitative estimate of drug-likeness (QED) is 0.372. The molecule has 32 heavy (non-hydrogen) atoms. The van der Waals surface area contributed by atoms with Gasteiger partial charge in [0.1, 0.15) is 5.82 Å². The van der Waals surface area contributed by atoms with E-state index in [9.17, 15) is 8.42 Å². The first kappa shape index (κ1) is 22.4. The van der Waals surface area contributed by atoms with E-state index in [4.69, 9.17) is 0 Å². The fourth-order valence-electron chi connectivity index (χ4n) is 3.51. The summed E-state index contributed by atoms with van der Waals surface area (Å²) >= 11 is 1.53. The zero-order valence-electron chi connectivity index (χ0n) is 18.2. The molecule has 0 fully saturated rings. The van der Waals surface area contributed by atoms with Crippen LogP contribution in [0.3, 0.4) is 0 Å². The molecular weight excluding hydrogens is 446 g/mol. The molecule has 0 saturated carbocycles. The maximum Gasteiger partial charge on any atom is 0.243 e. The van der Waals surface area contributed by atoms with Crippen molar-refractivity contribution in [1.29, 1.82) is 0 Å². The van der Waals surface area contributed by atoms with E-state index >= 15 is 0 Å². The summed E-state index contributed by atoms with van der Waals surface area (Å²) in [6.07, 6.45) is 3.47. The van der Waals surface area contributed by atoms with E-state index in [0.29, 0.717) is 24.4 Å². The highest BCUT2D eigenvalue weighted by molar-refractivity contribution is 7.98. The summed E-state index contributed by atoms with van der Waals surface area (Å²) in [5, 5.41) is 9.49. The van der Waals surface area contributed by atoms with Crippen molar-refractivity contribution in [3.05, 3.63) is 48.5 Å². The molecule has 1 N–H and O–H groups in total. The molecule has 0 unspecified atom stereocenters. The molecule has 1 aromatic carbocycles. The van der Waals surface area contributed by atoms with Gasteiger partial charge in [0.05, 0.1) is 21.7 Å². The molecule has 0 aliphatic heterocycles. The lowest BCUT2D eigenvalue weighted by Gasteiger charge is -2.18. The van der Waals surface area contributed by atoms with E-state index in [1.165, 1.54) is 16.1 Å². The second kappa shape index (κ2) is 9.39. The Hall–Kier alpha value is -2.76. The Labute approximate surface area is 191 Å². The molecule has 4 rings (SSSR count). The van der Waals surface area contributed by atoms with Gasteiger partial charge in [0.2, 0.25) is 10.0 Å². The third kappa shape index (κ3) is 4.27. The van der Waals surface area contributed by atoms with Crippen molar-refractivity contribution < 1.29 is 8.42 Å². The summed E-state index contributed by atoms with van der Waals surface area (Å²) in [4.78, 5) is 12.2. The highest BCUT2D eigenvalue weighted by atomic mass is 32.2. The number of pyridine rings is 1. The van der Waals surface area contributed by atoms with Gasteiger partial charge in [-0.2, -0.15) is 4.31 Å². The monoisotopic (exact) mass is 471 g/mol. The van der Waals surface area contributed by atoms with Crippen LogP contribution in [-0.2, 0) is 22.3 Å². The number of rotatable bonds is 9. The van der Waals surface area contributed by atoms with Crippen LogP contribution in [0, 0.1) is 0 Å². The molecule has 0 aliphatic carbocycles. The molecular formula is C21H25N7O2S2. The number of nitrogens with zero attached hydrogens (tertiary/aromatic N) is 6. The van der Waals surface area contributed by atoms with Crippen molar-refractivity contribution in [3.63, 3.8) is 0 Å². The standard InChI is InChI=1S/C21H25N7O2S2/c1-4-27(5-2)32(29,30)16-7-8-17-18(13-16)24-19(23-17)14-31-21-26-25-20(28(21)6-3)15-9-11-22-12-10-15/h7-13H,4-6,14H2,1-3H3,(H,23,24). The van der Waals surface area contributed by atoms with Crippen LogP contribution in [0.15, 0.2) is 52.8 Å². The van der Waals surface area contributed by atoms with Gasteiger partial charge in [0.15, 0.2) is 11.0 Å². The van der Waals surface area contributed by atoms with Crippen LogP contribution in [0.1, 0.15) is 26.6 Å². The molecule has 0 radical (unpaired) electrons. The molecule has 9 nitrogen and oxygen atoms in total. The van der Waals surface area contributed by atoms with Crippen molar-refractivity contribution in [2.45, 2.75) is 43.1 Å². The summed E-state index contributed by atoms with van der Waals surface area (Å²) < 4.78 is 29.1. The van der Waals surface area contributed by atoms with E-state index in [0.717, 1.165) is 34.4 Å². The largest absolute Gasteiger partial charge is 0.341 e. The average Bonchev–Trinajstić information content (AvgIpc) is 3.41. The Balaban J connectivity index is 1.55. The SMILES string of the molecule is CCN(CC)S(=O)(=O)c1ccc2nc(CSc3nnc(-c4ccncc4)n3CC)[nH]c2c1. The molecule has 0 amide bonds. The minimum absolute atomic E-state index is 0.268. The minimum Gasteiger partial charge on any atom is -0.341 e. The number of aromatic amines is 1. The van der Waals surface area contributed by atoms with Crippen molar-refractivity contribution in [1.82, 2.24) is 34.0 Å². The third-order valence-corrected chi connectivity index (χ3v) is 8.18. The second-order valence-electron chi connectivity index (χ2n) is 7.03. The Morgan fingerprint density at radius 3 is 2.50 bits per heavy atom. The summed E-state index contributed by atoms with van der Waals surface area (Å²) in [5.74, 6) is 2.10. The van der Waals surface area contributed by atoms with Gasteiger partial charge in [-0.25, -0.2) is 13.4 Å². The zero-order chi connectivity index (χ0) is 22.7. The van der Waals surface area contributed by atoms with Gasteiger partial charge < -0.3 is 9.55 Å². The molecule has 4 aromatic rings. The topological polar surface area (TPSA) is 110 Å². The molecule has 3 aromatic heterocycles. The van der Waals surface area contributed by atoms with E-state index in [1.54, 1.807) is 30.6 Å². The summed E-state index contributed by atoms with van der Waals surface area (Å²) in [6.45, 7) is 7.32. The smallest absolute Gasteiger partial charge is 0.243 e. The predicted octanol–water partition coefficient (Wildman–Crippen LogP) is 3.56. The number of sulfonamides is 1. The fourth-order valence-corrected chi connectivity index (χ4v) is 5.87. The van der Waals surface area contributed by atoms with Crippen LogP contribution >= 0.6 is 11.8 Å². The first-order valence-corrected chi connectivity index (χ1v) is 12.9. The van der Waals surface area contributed by atoms with Crippen molar-refractivity contribution in [2.24, 2.45) is 0 Å². The van der Waals surface area contributed by atoms with Gasteiger partial charge in [-0.1, -0.05) is 25.6 Å². The van der Waals surface area contributed by atoms with E-state index < -0.39 is 10.0 Å². The maximum absolute atomic E-state index is 12.8. The number of benzene rings is 1. The van der Waals surface area contributed by atoms with Gasteiger partial charge in [-0.05, 0) is 37.3 Å². The van der Waals surface area contributed by atoms with Crippen molar-refractivity contribution in [2.75, 3.05) is 13.1 Å². The molecule has 0 bridgehead atoms. The Kier molecular flexibility index (Phi) is 6.58. The summed E-state index contributed by atoms with van der Waals surface area (Å²) in [5.41, 5.74) is 2.39. The van der Waals surface area contributed by atoms with Crippen LogP contribution in [0.2, 0.25) is 0 Å². The maximum atomic E-state index is 12.8. The fraction of sp³-hybridized carbons (Fsp3) is 0.333. The Morgan fingerprint density at radius 1 is 1.06 bits per heavy atom. The van der Waals surface area contributed by atoms with Gasteiger partial charge in [-0.3, -0.25) is 4.98 Å². The number of H-pyrrole nitrogens is 1. The number of aromatic nitrogens is 6. The number of nitrogens with one attached hydrogen (secondary N) is 1. The van der Waals surface area contributed by atoms with E-state index in [-0.39, 0.29) is 4.90 Å². The molecule has 0 atom stereocenters. The Morgan fingerprint density at radius 2 is 1.81 bits per heavy atom. The van der Waals surface area contributed by atoms with Crippen molar-refractivity contribution >= 4 is 32.8 Å². The minimum atomic E-state index is -3.52. The zero-order valence-corrected chi connectivity index (χ0v) is 19.8. The van der Waals surface area contributed by atoms with Crippen LogP contribution in [0.5, 0.6) is 0 Å². The van der Waals surface area contributed by atoms with Crippen LogP contribution in [0.25, 0.3) is 22.4 Å². The molecule has 0 saturated heterocycles. The lowest BCUT2D eigenvalue weighted by atomic mass is 10.2. The molecule has 168 valence electrons. The van der Waals surface area contributed by atoms with Gasteiger partial charge >= 0.3 is 0 Å². The Bertz CT molecular complexity index is 1310. The molecule has 3 heterocycles. The molecule has 0 spiro atoms. The lowest BCUT2D eigenvalue weighted by molar-refractivity contribution is 0.445. The third-order valence-electron chi connectivity index (χ3n) is 5.16. The number of hydrogen-bond donors (Lipinski definition) is 1. The number of imidazole rings is 1. The van der Waals surface area contributed by atoms with E-state index in [2.05, 4.69) is 36.6 Å². The summed E-state index contributed by atoms with van der Waals surface area (Å²) in [7, 11) is -3.52. The number of thioether (sulfide) groups is 1. The average molecular weight is 472 g/mol. The first-order chi connectivity index (χ1) is 15.5. The molecule has 0 aliphatic rings. The normalized spacial score (nSPS) is 12.1. The van der Waals surface area contributed by atoms with Crippen LogP contribution < -0.4 is 0 Å². The van der Waals surface area contributed by atoms with E-state index in [1.807, 2.05) is 26.0 Å². The van der Waals surface area contributed by atoms with Crippen molar-refractivity contribution in [3.8, 4) is 11.4 Å². The number of fused-ring (bicyclic) bond motifs is 1. The highest BCUT2D eigenvalue weighted by Gasteiger charge is 2.22. The van der Waals surface area contributed by atoms with Gasteiger partial charge in [0.25, 0.3) is 0 Å². The van der Waals surface area contributed by atoms with Gasteiger partial charge in [-0.15, -0.1) is 10.2 Å². The highest BCUT2D eigenvalue weighted by Crippen LogP contribution is 2.27. The predicted molar refractivity (Wildman–Crippen MR) is 125 cm³/mol. The van der Waals surface area contributed by atoms with Crippen LogP contribution in [-0.4, -0.2) is 55.5 Å². The second-order valence-corrected chi connectivity index (χ2v) is 9.91. The lowest BCUT2D eigenvalue weighted by Crippen LogP contribution is -2.30. The molecule has 11 heteroatoms. The first-order valence-electron chi connectivity index (χ1n) is 10.4. The van der Waals surface area contributed by atoms with Gasteiger partial charge in [0, 0.05) is 37.6 Å². The summed E-state index contributed by atoms with van der Waals surface area (Å²) in [6, 6.07) is 8.83.